The number of hydrogen-bond donors (Lipinski definition) is 2. The van der Waals surface area contributed by atoms with Gasteiger partial charge in [0.1, 0.15) is 6.33 Å². The summed E-state index contributed by atoms with van der Waals surface area (Å²) in [5, 5.41) is 11.3. The van der Waals surface area contributed by atoms with E-state index >= 15 is 0 Å². The first kappa shape index (κ1) is 18.4. The van der Waals surface area contributed by atoms with Crippen molar-refractivity contribution in [3.8, 4) is 11.4 Å². The number of aryl methyl sites for hydroxylation is 1. The minimum atomic E-state index is 0. The number of nitrogens with zero attached hydrogens (tertiary/aromatic N) is 3. The lowest BCUT2D eigenvalue weighted by Crippen LogP contribution is -2.29. The molecule has 24 heavy (non-hydrogen) atoms. The smallest absolute Gasteiger partial charge is 0.227 e. The standard InChI is InChI=1S/C17H23N5O.ClH/c1-2-22-11-19-21-16(22)14-7-3-4-9-15(14)20-17(23)13-8-5-6-12(13)10-18;/h3-4,7,9,11-13H,2,5-6,8,10,18H2,1H3,(H,20,23);1H/t12-,13-;/m1./s1. The van der Waals surface area contributed by atoms with Gasteiger partial charge in [0.05, 0.1) is 5.69 Å². The zero-order valence-corrected chi connectivity index (χ0v) is 14.6. The maximum absolute atomic E-state index is 12.7. The van der Waals surface area contributed by atoms with Gasteiger partial charge in [-0.15, -0.1) is 22.6 Å². The number of amides is 1. The summed E-state index contributed by atoms with van der Waals surface area (Å²) in [5.41, 5.74) is 7.47. The monoisotopic (exact) mass is 349 g/mol. The predicted octanol–water partition coefficient (Wildman–Crippen LogP) is 2.70. The van der Waals surface area contributed by atoms with Crippen LogP contribution in [0, 0.1) is 11.8 Å². The minimum Gasteiger partial charge on any atom is -0.330 e. The van der Waals surface area contributed by atoms with Gasteiger partial charge in [-0.2, -0.15) is 0 Å². The van der Waals surface area contributed by atoms with Gasteiger partial charge in [-0.1, -0.05) is 18.6 Å². The molecule has 3 rings (SSSR count). The molecule has 7 heteroatoms. The molecule has 1 aromatic carbocycles. The van der Waals surface area contributed by atoms with E-state index in [4.69, 9.17) is 5.73 Å². The minimum absolute atomic E-state index is 0. The molecule has 130 valence electrons. The summed E-state index contributed by atoms with van der Waals surface area (Å²) < 4.78 is 1.96. The maximum Gasteiger partial charge on any atom is 0.227 e. The number of para-hydroxylation sites is 1. The second-order valence-corrected chi connectivity index (χ2v) is 6.01. The van der Waals surface area contributed by atoms with Crippen LogP contribution in [0.25, 0.3) is 11.4 Å². The summed E-state index contributed by atoms with van der Waals surface area (Å²) in [7, 11) is 0. The average molecular weight is 350 g/mol. The molecule has 0 radical (unpaired) electrons. The van der Waals surface area contributed by atoms with Gasteiger partial charge in [0, 0.05) is 18.0 Å². The number of benzene rings is 1. The first-order valence-corrected chi connectivity index (χ1v) is 8.22. The van der Waals surface area contributed by atoms with Crippen LogP contribution in [-0.2, 0) is 11.3 Å². The highest BCUT2D eigenvalue weighted by molar-refractivity contribution is 5.96. The van der Waals surface area contributed by atoms with E-state index in [1.807, 2.05) is 35.8 Å². The molecule has 1 aliphatic carbocycles. The molecular weight excluding hydrogens is 326 g/mol. The van der Waals surface area contributed by atoms with Crippen molar-refractivity contribution in [2.45, 2.75) is 32.7 Å². The molecule has 1 aliphatic rings. The summed E-state index contributed by atoms with van der Waals surface area (Å²) in [5.74, 6) is 1.14. The van der Waals surface area contributed by atoms with Gasteiger partial charge in [0.2, 0.25) is 5.91 Å². The Bertz CT molecular complexity index is 687. The number of anilines is 1. The molecule has 2 atom stereocenters. The van der Waals surface area contributed by atoms with E-state index in [9.17, 15) is 4.79 Å². The van der Waals surface area contributed by atoms with E-state index < -0.39 is 0 Å². The molecule has 0 aliphatic heterocycles. The molecule has 1 saturated carbocycles. The van der Waals surface area contributed by atoms with Crippen LogP contribution in [0.3, 0.4) is 0 Å². The van der Waals surface area contributed by atoms with Gasteiger partial charge in [-0.05, 0) is 44.4 Å². The van der Waals surface area contributed by atoms with E-state index in [1.54, 1.807) is 6.33 Å². The van der Waals surface area contributed by atoms with Crippen molar-refractivity contribution >= 4 is 24.0 Å². The van der Waals surface area contributed by atoms with Gasteiger partial charge in [0.15, 0.2) is 5.82 Å². The highest BCUT2D eigenvalue weighted by Crippen LogP contribution is 2.33. The van der Waals surface area contributed by atoms with Gasteiger partial charge in [-0.3, -0.25) is 4.79 Å². The molecule has 1 amide bonds. The van der Waals surface area contributed by atoms with Crippen LogP contribution in [0.4, 0.5) is 5.69 Å². The van der Waals surface area contributed by atoms with Crippen molar-refractivity contribution in [1.82, 2.24) is 14.8 Å². The largest absolute Gasteiger partial charge is 0.330 e. The van der Waals surface area contributed by atoms with Crippen molar-refractivity contribution in [3.63, 3.8) is 0 Å². The Balaban J connectivity index is 0.00000208. The van der Waals surface area contributed by atoms with Crippen LogP contribution in [0.5, 0.6) is 0 Å². The number of carbonyl (C=O) groups excluding carboxylic acids is 1. The van der Waals surface area contributed by atoms with Crippen molar-refractivity contribution in [3.05, 3.63) is 30.6 Å². The first-order valence-electron chi connectivity index (χ1n) is 8.22. The summed E-state index contributed by atoms with van der Waals surface area (Å²) >= 11 is 0. The number of halogens is 1. The molecule has 1 fully saturated rings. The number of nitrogens with one attached hydrogen (secondary N) is 1. The third-order valence-electron chi connectivity index (χ3n) is 4.68. The van der Waals surface area contributed by atoms with E-state index in [1.165, 1.54) is 0 Å². The molecule has 2 aromatic rings. The average Bonchev–Trinajstić information content (AvgIpc) is 3.23. The Morgan fingerprint density at radius 3 is 2.92 bits per heavy atom. The Kier molecular flexibility index (Phi) is 6.34. The quantitative estimate of drug-likeness (QED) is 0.869. The Hall–Kier alpha value is -1.92. The number of aromatic nitrogens is 3. The van der Waals surface area contributed by atoms with Gasteiger partial charge < -0.3 is 15.6 Å². The molecule has 0 spiro atoms. The van der Waals surface area contributed by atoms with Crippen molar-refractivity contribution in [2.24, 2.45) is 17.6 Å². The Morgan fingerprint density at radius 1 is 1.38 bits per heavy atom. The van der Waals surface area contributed by atoms with E-state index in [0.717, 1.165) is 42.9 Å². The lowest BCUT2D eigenvalue weighted by Gasteiger charge is -2.18. The first-order chi connectivity index (χ1) is 11.2. The van der Waals surface area contributed by atoms with Crippen molar-refractivity contribution in [1.29, 1.82) is 0 Å². The van der Waals surface area contributed by atoms with Gasteiger partial charge in [0.25, 0.3) is 0 Å². The topological polar surface area (TPSA) is 85.8 Å². The zero-order chi connectivity index (χ0) is 16.2. The van der Waals surface area contributed by atoms with E-state index in [-0.39, 0.29) is 24.2 Å². The predicted molar refractivity (Wildman–Crippen MR) is 96.9 cm³/mol. The summed E-state index contributed by atoms with van der Waals surface area (Å²) in [4.78, 5) is 12.7. The maximum atomic E-state index is 12.7. The van der Waals surface area contributed by atoms with Crippen LogP contribution < -0.4 is 11.1 Å². The van der Waals surface area contributed by atoms with E-state index in [0.29, 0.717) is 12.5 Å². The van der Waals surface area contributed by atoms with Crippen molar-refractivity contribution in [2.75, 3.05) is 11.9 Å². The summed E-state index contributed by atoms with van der Waals surface area (Å²) in [6.45, 7) is 3.39. The van der Waals surface area contributed by atoms with Crippen LogP contribution >= 0.6 is 12.4 Å². The lowest BCUT2D eigenvalue weighted by molar-refractivity contribution is -0.120. The number of carbonyl (C=O) groups is 1. The highest BCUT2D eigenvalue weighted by Gasteiger charge is 2.32. The second-order valence-electron chi connectivity index (χ2n) is 6.01. The fraction of sp³-hybridized carbons (Fsp3) is 0.471. The van der Waals surface area contributed by atoms with E-state index in [2.05, 4.69) is 15.5 Å². The lowest BCUT2D eigenvalue weighted by atomic mass is 9.95. The SMILES string of the molecule is CCn1cnnc1-c1ccccc1NC(=O)[C@@H]1CCC[C@@H]1CN.Cl. The second kappa shape index (κ2) is 8.26. The van der Waals surface area contributed by atoms with Crippen LogP contribution in [0.1, 0.15) is 26.2 Å². The Morgan fingerprint density at radius 2 is 2.17 bits per heavy atom. The molecule has 0 unspecified atom stereocenters. The molecule has 1 heterocycles. The van der Waals surface area contributed by atoms with Crippen LogP contribution in [0.15, 0.2) is 30.6 Å². The van der Waals surface area contributed by atoms with Gasteiger partial charge >= 0.3 is 0 Å². The molecule has 0 saturated heterocycles. The third kappa shape index (κ3) is 3.60. The summed E-state index contributed by atoms with van der Waals surface area (Å²) in [6, 6.07) is 7.73. The molecular formula is C17H24ClN5O. The molecule has 6 nitrogen and oxygen atoms in total. The normalized spacial score (nSPS) is 19.8. The Labute approximate surface area is 148 Å². The molecule has 1 aromatic heterocycles. The fourth-order valence-electron chi connectivity index (χ4n) is 3.37. The zero-order valence-electron chi connectivity index (χ0n) is 13.8. The summed E-state index contributed by atoms with van der Waals surface area (Å²) in [6.07, 6.45) is 4.74. The van der Waals surface area contributed by atoms with Crippen molar-refractivity contribution < 1.29 is 4.79 Å². The molecule has 3 N–H and O–H groups in total. The van der Waals surface area contributed by atoms with Crippen LogP contribution in [0.2, 0.25) is 0 Å². The van der Waals surface area contributed by atoms with Crippen LogP contribution in [-0.4, -0.2) is 27.2 Å². The molecule has 0 bridgehead atoms. The van der Waals surface area contributed by atoms with Gasteiger partial charge in [-0.25, -0.2) is 0 Å². The fourth-order valence-corrected chi connectivity index (χ4v) is 3.37. The number of rotatable bonds is 5. The highest BCUT2D eigenvalue weighted by atomic mass is 35.5. The third-order valence-corrected chi connectivity index (χ3v) is 4.68. The number of hydrogen-bond acceptors (Lipinski definition) is 4. The number of nitrogens with two attached hydrogens (primary N) is 1.